The number of phenols is 2. The Hall–Kier alpha value is -6.25. The van der Waals surface area contributed by atoms with Crippen molar-refractivity contribution in [3.05, 3.63) is 145 Å². The molecule has 10 nitrogen and oxygen atoms in total. The molecule has 2 amide bonds. The minimum Gasteiger partial charge on any atom is -0.507 e. The van der Waals surface area contributed by atoms with Gasteiger partial charge in [0.05, 0.1) is 5.57 Å². The van der Waals surface area contributed by atoms with Gasteiger partial charge in [0.25, 0.3) is 11.8 Å². The van der Waals surface area contributed by atoms with Crippen molar-refractivity contribution in [2.24, 2.45) is 0 Å². The Bertz CT molecular complexity index is 2530. The van der Waals surface area contributed by atoms with E-state index in [9.17, 15) is 29.7 Å². The summed E-state index contributed by atoms with van der Waals surface area (Å²) in [4.78, 5) is 38.0. The van der Waals surface area contributed by atoms with Crippen LogP contribution < -0.4 is 20.1 Å². The Balaban J connectivity index is 1.57. The number of carbonyl (C=O) groups is 3. The van der Waals surface area contributed by atoms with E-state index in [-0.39, 0.29) is 90.4 Å². The summed E-state index contributed by atoms with van der Waals surface area (Å²) in [5, 5.41) is 40.5. The molecule has 0 fully saturated rings. The van der Waals surface area contributed by atoms with E-state index >= 15 is 0 Å². The maximum atomic E-state index is 13.5. The summed E-state index contributed by atoms with van der Waals surface area (Å²) in [7, 11) is 0. The Labute approximate surface area is 390 Å². The lowest BCUT2D eigenvalue weighted by atomic mass is 9.79. The number of ether oxygens (including phenoxy) is 2. The second-order valence-electron chi connectivity index (χ2n) is 21.9. The number of aliphatic carboxylic acids is 1. The standard InChI is InChI=1S/C56H68N2O8/c1-53(2,3)42-23-34-19-38-27-44(55(7,8)9)28-39(50(38)65-31-46(59)57-17-18-58-52(64)33-15-13-14-16-33)20-35-24-43(54(4,5)6)26-37(49(35)63)22-41-30-45(56(10,11)12)29-40(21-36(25-42)48(34)62)51(41)66-32-47(60)61/h13-15,23-30,62-63H,17-22,31-32H2,1-12H3,(H,57,59)(H,58,64)(H,60,61). The highest BCUT2D eigenvalue weighted by molar-refractivity contribution is 5.96. The zero-order chi connectivity index (χ0) is 48.5. The highest BCUT2D eigenvalue weighted by atomic mass is 16.5. The number of phenolic OH excluding ortho intramolecular Hbond substituents is 2. The van der Waals surface area contributed by atoms with Gasteiger partial charge in [-0.1, -0.05) is 138 Å². The number of amides is 2. The normalized spacial score (nSPS) is 13.8. The van der Waals surface area contributed by atoms with Crippen LogP contribution in [0.5, 0.6) is 23.0 Å². The van der Waals surface area contributed by atoms with Crippen LogP contribution in [0.25, 0.3) is 0 Å². The average Bonchev–Trinajstić information content (AvgIpc) is 3.75. The molecule has 0 atom stereocenters. The fourth-order valence-electron chi connectivity index (χ4n) is 8.28. The Kier molecular flexibility index (Phi) is 14.1. The molecule has 0 saturated carbocycles. The highest BCUT2D eigenvalue weighted by Crippen LogP contribution is 2.44. The van der Waals surface area contributed by atoms with Gasteiger partial charge in [-0.2, -0.15) is 0 Å². The molecule has 8 bridgehead atoms. The van der Waals surface area contributed by atoms with E-state index in [1.165, 1.54) is 0 Å². The molecule has 0 radical (unpaired) electrons. The molecule has 0 aromatic heterocycles. The Morgan fingerprint density at radius 3 is 1.18 bits per heavy atom. The van der Waals surface area contributed by atoms with Crippen molar-refractivity contribution in [3.63, 3.8) is 0 Å². The molecular weight excluding hydrogens is 829 g/mol. The summed E-state index contributed by atoms with van der Waals surface area (Å²) >= 11 is 0. The van der Waals surface area contributed by atoms with Gasteiger partial charge in [-0.3, -0.25) is 9.59 Å². The summed E-state index contributed by atoms with van der Waals surface area (Å²) < 4.78 is 12.8. The van der Waals surface area contributed by atoms with E-state index in [4.69, 9.17) is 9.47 Å². The maximum Gasteiger partial charge on any atom is 0.341 e. The predicted molar refractivity (Wildman–Crippen MR) is 261 cm³/mol. The van der Waals surface area contributed by atoms with E-state index < -0.39 is 12.6 Å². The molecule has 10 heteroatoms. The van der Waals surface area contributed by atoms with Crippen LogP contribution in [0.2, 0.25) is 0 Å². The van der Waals surface area contributed by atoms with Crippen molar-refractivity contribution in [1.29, 1.82) is 0 Å². The van der Waals surface area contributed by atoms with Crippen molar-refractivity contribution in [2.45, 2.75) is 130 Å². The van der Waals surface area contributed by atoms with Crippen molar-refractivity contribution >= 4 is 17.8 Å². The van der Waals surface area contributed by atoms with Crippen molar-refractivity contribution in [3.8, 4) is 23.0 Å². The molecule has 0 aliphatic heterocycles. The van der Waals surface area contributed by atoms with Crippen LogP contribution in [0.1, 0.15) is 150 Å². The number of aromatic hydroxyl groups is 2. The van der Waals surface area contributed by atoms with E-state index in [1.54, 1.807) is 18.2 Å². The summed E-state index contributed by atoms with van der Waals surface area (Å²) in [6.45, 7) is 25.1. The lowest BCUT2D eigenvalue weighted by Crippen LogP contribution is -2.37. The number of hydrogen-bond donors (Lipinski definition) is 5. The lowest BCUT2D eigenvalue weighted by molar-refractivity contribution is -0.139. The quantitative estimate of drug-likeness (QED) is 0.0686. The largest absolute Gasteiger partial charge is 0.507 e. The van der Waals surface area contributed by atoms with Gasteiger partial charge in [-0.15, -0.1) is 5.73 Å². The van der Waals surface area contributed by atoms with Gasteiger partial charge < -0.3 is 35.4 Å². The molecule has 6 rings (SSSR count). The highest BCUT2D eigenvalue weighted by Gasteiger charge is 2.29. The minimum absolute atomic E-state index is 0.104. The number of carboxylic acids is 1. The summed E-state index contributed by atoms with van der Waals surface area (Å²) in [5.74, 6) is -0.655. The monoisotopic (exact) mass is 896 g/mol. The van der Waals surface area contributed by atoms with Gasteiger partial charge >= 0.3 is 5.97 Å². The Morgan fingerprint density at radius 1 is 0.530 bits per heavy atom. The first-order chi connectivity index (χ1) is 30.7. The van der Waals surface area contributed by atoms with E-state index in [0.29, 0.717) is 39.3 Å². The van der Waals surface area contributed by atoms with Crippen molar-refractivity contribution < 1.29 is 39.2 Å². The van der Waals surface area contributed by atoms with Gasteiger partial charge in [0.15, 0.2) is 13.2 Å². The van der Waals surface area contributed by atoms with E-state index in [2.05, 4.69) is 124 Å². The third-order valence-electron chi connectivity index (χ3n) is 12.3. The molecular formula is C56H68N2O8. The molecule has 0 saturated heterocycles. The first kappa shape index (κ1) is 49.2. The number of fused-ring (bicyclic) bond motifs is 8. The molecule has 2 aliphatic carbocycles. The second-order valence-corrected chi connectivity index (χ2v) is 21.9. The van der Waals surface area contributed by atoms with Crippen LogP contribution in [0.4, 0.5) is 0 Å². The van der Waals surface area contributed by atoms with Crippen LogP contribution in [0, 0.1) is 0 Å². The maximum absolute atomic E-state index is 13.5. The molecule has 4 aromatic carbocycles. The zero-order valence-electron chi connectivity index (χ0n) is 40.9. The summed E-state index contributed by atoms with van der Waals surface area (Å²) in [5.41, 5.74) is 11.7. The molecule has 0 spiro atoms. The summed E-state index contributed by atoms with van der Waals surface area (Å²) in [6.07, 6.45) is 6.04. The third kappa shape index (κ3) is 11.8. The fourth-order valence-corrected chi connectivity index (χ4v) is 8.28. The van der Waals surface area contributed by atoms with E-state index in [1.807, 2.05) is 24.3 Å². The van der Waals surface area contributed by atoms with Gasteiger partial charge in [0.1, 0.15) is 23.0 Å². The second kappa shape index (κ2) is 18.9. The van der Waals surface area contributed by atoms with Crippen LogP contribution in [0.3, 0.4) is 0 Å². The van der Waals surface area contributed by atoms with Gasteiger partial charge in [-0.25, -0.2) is 4.79 Å². The number of rotatable bonds is 10. The number of allylic oxidation sites excluding steroid dienone is 1. The number of benzene rings is 4. The van der Waals surface area contributed by atoms with Gasteiger partial charge in [0, 0.05) is 38.8 Å². The first-order valence-corrected chi connectivity index (χ1v) is 22.9. The average molecular weight is 897 g/mol. The number of carboxylic acid groups (broad SMARTS) is 1. The molecule has 5 N–H and O–H groups in total. The fraction of sp³-hybridized carbons (Fsp3) is 0.429. The molecule has 0 heterocycles. The molecule has 66 heavy (non-hydrogen) atoms. The lowest BCUT2D eigenvalue weighted by Gasteiger charge is -2.28. The zero-order valence-corrected chi connectivity index (χ0v) is 40.9. The van der Waals surface area contributed by atoms with Gasteiger partial charge in [0.2, 0.25) is 0 Å². The third-order valence-corrected chi connectivity index (χ3v) is 12.3. The molecule has 0 unspecified atom stereocenters. The van der Waals surface area contributed by atoms with Crippen LogP contribution in [0.15, 0.2) is 78.1 Å². The number of carbonyl (C=O) groups excluding carboxylic acids is 2. The van der Waals surface area contributed by atoms with Crippen LogP contribution in [-0.2, 0) is 61.7 Å². The molecule has 350 valence electrons. The van der Waals surface area contributed by atoms with Crippen molar-refractivity contribution in [1.82, 2.24) is 10.6 Å². The first-order valence-electron chi connectivity index (χ1n) is 22.9. The molecule has 4 aromatic rings. The SMILES string of the molecule is CC(C)(C)c1cc2c(O)c(c1)Cc1cc(C(C)(C)C)cc(c1OCC(=O)NCCNC(=O)C1=C=CC=C1)Cc1cc(C(C)(C)C)cc(c1O)Cc1cc(C(C)(C)C)cc(c1OCC(=O)O)C2. The Morgan fingerprint density at radius 2 is 0.864 bits per heavy atom. The minimum atomic E-state index is -1.11. The number of hydrogen-bond acceptors (Lipinski definition) is 7. The topological polar surface area (TPSA) is 154 Å². The smallest absolute Gasteiger partial charge is 0.341 e. The van der Waals surface area contributed by atoms with Gasteiger partial charge in [-0.05, 0) is 101 Å². The van der Waals surface area contributed by atoms with E-state index in [0.717, 1.165) is 44.5 Å². The van der Waals surface area contributed by atoms with Crippen LogP contribution >= 0.6 is 0 Å². The van der Waals surface area contributed by atoms with Crippen molar-refractivity contribution in [2.75, 3.05) is 26.3 Å². The number of nitrogens with one attached hydrogen (secondary N) is 2. The van der Waals surface area contributed by atoms with Crippen LogP contribution in [-0.4, -0.2) is 59.4 Å². The summed E-state index contributed by atoms with van der Waals surface area (Å²) in [6, 6.07) is 16.4. The molecule has 2 aliphatic rings. The predicted octanol–water partition coefficient (Wildman–Crippen LogP) is 9.69.